The lowest BCUT2D eigenvalue weighted by atomic mass is 9.90. The van der Waals surface area contributed by atoms with Gasteiger partial charge in [0.2, 0.25) is 0 Å². The first-order valence-electron chi connectivity index (χ1n) is 9.75. The molecule has 1 atom stereocenters. The van der Waals surface area contributed by atoms with Gasteiger partial charge in [0.15, 0.2) is 0 Å². The molecule has 1 heterocycles. The molecule has 0 aliphatic carbocycles. The highest BCUT2D eigenvalue weighted by Crippen LogP contribution is 2.33. The smallest absolute Gasteiger partial charge is 0.0402 e. The van der Waals surface area contributed by atoms with Crippen molar-refractivity contribution in [2.75, 3.05) is 18.0 Å². The van der Waals surface area contributed by atoms with Crippen molar-refractivity contribution >= 4 is 5.69 Å². The van der Waals surface area contributed by atoms with E-state index in [0.29, 0.717) is 0 Å². The third-order valence-corrected chi connectivity index (χ3v) is 5.62. The minimum atomic E-state index is 0.742. The standard InChI is InChI=1S/C25H27N/c1-20-24(23-13-6-3-7-14-23)15-8-16-25(20)26-17-9-12-22(19-26)18-21-10-4-2-5-11-21/h2-8,10-11,13-16,22H,9,12,17-19H2,1H3. The summed E-state index contributed by atoms with van der Waals surface area (Å²) in [4.78, 5) is 2.61. The fraction of sp³-hybridized carbons (Fsp3) is 0.280. The Morgan fingerprint density at radius 2 is 1.58 bits per heavy atom. The number of benzene rings is 3. The number of hydrogen-bond donors (Lipinski definition) is 0. The molecular formula is C25H27N. The van der Waals surface area contributed by atoms with E-state index >= 15 is 0 Å². The van der Waals surface area contributed by atoms with Crippen LogP contribution >= 0.6 is 0 Å². The first-order chi connectivity index (χ1) is 12.8. The molecule has 0 amide bonds. The minimum absolute atomic E-state index is 0.742. The molecule has 26 heavy (non-hydrogen) atoms. The van der Waals surface area contributed by atoms with Gasteiger partial charge in [-0.15, -0.1) is 0 Å². The van der Waals surface area contributed by atoms with E-state index in [9.17, 15) is 0 Å². The van der Waals surface area contributed by atoms with E-state index in [1.54, 1.807) is 0 Å². The predicted molar refractivity (Wildman–Crippen MR) is 112 cm³/mol. The Morgan fingerprint density at radius 3 is 2.35 bits per heavy atom. The molecule has 0 aromatic heterocycles. The second kappa shape index (κ2) is 7.78. The molecule has 132 valence electrons. The molecule has 1 aliphatic rings. The first kappa shape index (κ1) is 16.9. The molecule has 0 saturated carbocycles. The first-order valence-corrected chi connectivity index (χ1v) is 9.75. The quantitative estimate of drug-likeness (QED) is 0.552. The Kier molecular flexibility index (Phi) is 5.06. The number of hydrogen-bond acceptors (Lipinski definition) is 1. The Morgan fingerprint density at radius 1 is 0.846 bits per heavy atom. The van der Waals surface area contributed by atoms with Gasteiger partial charge in [-0.25, -0.2) is 0 Å². The normalized spacial score (nSPS) is 17.3. The van der Waals surface area contributed by atoms with Gasteiger partial charge in [0.1, 0.15) is 0 Å². The Hall–Kier alpha value is -2.54. The molecule has 1 heteroatoms. The number of piperidine rings is 1. The van der Waals surface area contributed by atoms with E-state index in [1.165, 1.54) is 53.7 Å². The fourth-order valence-corrected chi connectivity index (χ4v) is 4.29. The van der Waals surface area contributed by atoms with Crippen molar-refractivity contribution < 1.29 is 0 Å². The average molecular weight is 341 g/mol. The zero-order chi connectivity index (χ0) is 17.8. The van der Waals surface area contributed by atoms with Gasteiger partial charge in [-0.3, -0.25) is 0 Å². The van der Waals surface area contributed by atoms with E-state index in [0.717, 1.165) is 12.5 Å². The summed E-state index contributed by atoms with van der Waals surface area (Å²) in [5, 5.41) is 0. The molecule has 1 aliphatic heterocycles. The summed E-state index contributed by atoms with van der Waals surface area (Å²) >= 11 is 0. The SMILES string of the molecule is Cc1c(-c2ccccc2)cccc1N1CCCC(Cc2ccccc2)C1. The zero-order valence-electron chi connectivity index (χ0n) is 15.6. The molecule has 1 nitrogen and oxygen atoms in total. The topological polar surface area (TPSA) is 3.24 Å². The molecule has 3 aromatic rings. The largest absolute Gasteiger partial charge is 0.371 e. The average Bonchev–Trinajstić information content (AvgIpc) is 2.70. The molecule has 0 radical (unpaired) electrons. The summed E-state index contributed by atoms with van der Waals surface area (Å²) in [7, 11) is 0. The van der Waals surface area contributed by atoms with Crippen LogP contribution in [0.15, 0.2) is 78.9 Å². The molecule has 1 fully saturated rings. The van der Waals surface area contributed by atoms with E-state index in [2.05, 4.69) is 90.7 Å². The lowest BCUT2D eigenvalue weighted by Crippen LogP contribution is -2.36. The van der Waals surface area contributed by atoms with Crippen molar-refractivity contribution in [2.24, 2.45) is 5.92 Å². The van der Waals surface area contributed by atoms with Crippen LogP contribution in [-0.4, -0.2) is 13.1 Å². The van der Waals surface area contributed by atoms with Crippen molar-refractivity contribution in [1.29, 1.82) is 0 Å². The van der Waals surface area contributed by atoms with Crippen LogP contribution in [0.25, 0.3) is 11.1 Å². The van der Waals surface area contributed by atoms with Crippen molar-refractivity contribution in [3.8, 4) is 11.1 Å². The van der Waals surface area contributed by atoms with Gasteiger partial charge in [0.05, 0.1) is 0 Å². The van der Waals surface area contributed by atoms with Crippen LogP contribution in [0.2, 0.25) is 0 Å². The van der Waals surface area contributed by atoms with Gasteiger partial charge in [-0.05, 0) is 60.4 Å². The van der Waals surface area contributed by atoms with Crippen LogP contribution < -0.4 is 4.90 Å². The van der Waals surface area contributed by atoms with E-state index in [-0.39, 0.29) is 0 Å². The highest BCUT2D eigenvalue weighted by Gasteiger charge is 2.22. The molecule has 4 rings (SSSR count). The van der Waals surface area contributed by atoms with Crippen LogP contribution in [0.5, 0.6) is 0 Å². The van der Waals surface area contributed by atoms with Crippen LogP contribution in [0.1, 0.15) is 24.0 Å². The summed E-state index contributed by atoms with van der Waals surface area (Å²) in [6.07, 6.45) is 3.81. The second-order valence-corrected chi connectivity index (χ2v) is 7.46. The summed E-state index contributed by atoms with van der Waals surface area (Å²) < 4.78 is 0. The van der Waals surface area contributed by atoms with Gasteiger partial charge < -0.3 is 4.90 Å². The third kappa shape index (κ3) is 3.67. The van der Waals surface area contributed by atoms with Crippen LogP contribution in [0.3, 0.4) is 0 Å². The van der Waals surface area contributed by atoms with E-state index in [1.807, 2.05) is 0 Å². The lowest BCUT2D eigenvalue weighted by molar-refractivity contribution is 0.413. The summed E-state index contributed by atoms with van der Waals surface area (Å²) in [5.41, 5.74) is 6.94. The maximum absolute atomic E-state index is 2.61. The minimum Gasteiger partial charge on any atom is -0.371 e. The fourth-order valence-electron chi connectivity index (χ4n) is 4.29. The maximum atomic E-state index is 2.61. The van der Waals surface area contributed by atoms with E-state index in [4.69, 9.17) is 0 Å². The Balaban J connectivity index is 1.55. The van der Waals surface area contributed by atoms with E-state index < -0.39 is 0 Å². The molecular weight excluding hydrogens is 314 g/mol. The number of anilines is 1. The molecule has 3 aromatic carbocycles. The molecule has 1 saturated heterocycles. The van der Waals surface area contributed by atoms with Crippen LogP contribution in [-0.2, 0) is 6.42 Å². The molecule has 0 N–H and O–H groups in total. The maximum Gasteiger partial charge on any atom is 0.0402 e. The molecule has 0 spiro atoms. The number of rotatable bonds is 4. The van der Waals surface area contributed by atoms with Gasteiger partial charge in [-0.1, -0.05) is 72.8 Å². The van der Waals surface area contributed by atoms with Crippen LogP contribution in [0.4, 0.5) is 5.69 Å². The second-order valence-electron chi connectivity index (χ2n) is 7.46. The monoisotopic (exact) mass is 341 g/mol. The molecule has 1 unspecified atom stereocenters. The third-order valence-electron chi connectivity index (χ3n) is 5.62. The molecule has 0 bridgehead atoms. The Bertz CT molecular complexity index is 839. The highest BCUT2D eigenvalue weighted by molar-refractivity contribution is 5.74. The van der Waals surface area contributed by atoms with Gasteiger partial charge in [0, 0.05) is 18.8 Å². The summed E-state index contributed by atoms with van der Waals surface area (Å²) in [5.74, 6) is 0.742. The summed E-state index contributed by atoms with van der Waals surface area (Å²) in [6.45, 7) is 4.61. The van der Waals surface area contributed by atoms with Gasteiger partial charge in [0.25, 0.3) is 0 Å². The van der Waals surface area contributed by atoms with Gasteiger partial charge >= 0.3 is 0 Å². The van der Waals surface area contributed by atoms with Crippen molar-refractivity contribution in [3.63, 3.8) is 0 Å². The Labute approximate surface area is 157 Å². The van der Waals surface area contributed by atoms with Crippen molar-refractivity contribution in [1.82, 2.24) is 0 Å². The van der Waals surface area contributed by atoms with Crippen molar-refractivity contribution in [3.05, 3.63) is 90.0 Å². The predicted octanol–water partition coefficient (Wildman–Crippen LogP) is 6.12. The summed E-state index contributed by atoms with van der Waals surface area (Å²) in [6, 6.07) is 28.5. The number of nitrogens with zero attached hydrogens (tertiary/aromatic N) is 1. The zero-order valence-corrected chi connectivity index (χ0v) is 15.6. The van der Waals surface area contributed by atoms with Crippen molar-refractivity contribution in [2.45, 2.75) is 26.2 Å². The van der Waals surface area contributed by atoms with Crippen LogP contribution in [0, 0.1) is 12.8 Å². The van der Waals surface area contributed by atoms with Gasteiger partial charge in [-0.2, -0.15) is 0 Å². The highest BCUT2D eigenvalue weighted by atomic mass is 15.1. The lowest BCUT2D eigenvalue weighted by Gasteiger charge is -2.36.